The highest BCUT2D eigenvalue weighted by Gasteiger charge is 2.84. The monoisotopic (exact) mass is 540 g/mol. The largest absolute Gasteiger partial charge is 0.299 e. The number of alkyl halides is 1. The van der Waals surface area contributed by atoms with Crippen LogP contribution < -0.4 is 0 Å². The lowest BCUT2D eigenvalue weighted by Crippen LogP contribution is -2.70. The molecule has 4 saturated carbocycles. The molecule has 4 bridgehead atoms. The van der Waals surface area contributed by atoms with Crippen LogP contribution in [0.4, 0.5) is 0 Å². The van der Waals surface area contributed by atoms with Crippen molar-refractivity contribution in [3.63, 3.8) is 0 Å². The van der Waals surface area contributed by atoms with Crippen molar-refractivity contribution in [3.05, 3.63) is 0 Å². The molecule has 4 aliphatic rings. The third-order valence-electron chi connectivity index (χ3n) is 9.92. The number of hydrogen-bond acceptors (Lipinski definition) is 6. The van der Waals surface area contributed by atoms with E-state index in [9.17, 15) is 35.5 Å². The predicted octanol–water partition coefficient (Wildman–Crippen LogP) is 3.01. The van der Waals surface area contributed by atoms with E-state index < -0.39 is 62.4 Å². The maximum atomic E-state index is 13.4. The zero-order chi connectivity index (χ0) is 23.6. The van der Waals surface area contributed by atoms with Crippen molar-refractivity contribution in [2.24, 2.45) is 33.5 Å². The minimum absolute atomic E-state index is 0.0364. The molecule has 6 atom stereocenters. The van der Waals surface area contributed by atoms with Crippen LogP contribution in [0.3, 0.4) is 0 Å². The summed E-state index contributed by atoms with van der Waals surface area (Å²) in [5.41, 5.74) is -5.50. The molecular weight excluding hydrogens is 512 g/mol. The van der Waals surface area contributed by atoms with Gasteiger partial charge in [-0.05, 0) is 48.3 Å². The van der Waals surface area contributed by atoms with Crippen LogP contribution in [0, 0.1) is 33.5 Å². The summed E-state index contributed by atoms with van der Waals surface area (Å²) in [6, 6.07) is 0. The Hall–Kier alpha value is -0.360. The highest BCUT2D eigenvalue weighted by Crippen LogP contribution is 2.76. The van der Waals surface area contributed by atoms with Crippen molar-refractivity contribution in [3.8, 4) is 0 Å². The van der Waals surface area contributed by atoms with Crippen molar-refractivity contribution in [1.82, 2.24) is 0 Å². The van der Waals surface area contributed by atoms with Gasteiger partial charge in [-0.3, -0.25) is 18.7 Å². The summed E-state index contributed by atoms with van der Waals surface area (Å²) in [6.07, 6.45) is 1.19. The van der Waals surface area contributed by atoms with Gasteiger partial charge >= 0.3 is 0 Å². The van der Waals surface area contributed by atoms with Gasteiger partial charge in [0.2, 0.25) is 0 Å². The normalized spacial score (nSPS) is 41.5. The summed E-state index contributed by atoms with van der Waals surface area (Å²) in [5.74, 6) is -1.28. The molecule has 0 radical (unpaired) electrons. The quantitative estimate of drug-likeness (QED) is 0.400. The molecule has 2 N–H and O–H groups in total. The zero-order valence-electron chi connectivity index (χ0n) is 18.0. The molecule has 176 valence electrons. The molecule has 0 aromatic heterocycles. The lowest BCUT2D eigenvalue weighted by molar-refractivity contribution is -0.135. The summed E-state index contributed by atoms with van der Waals surface area (Å²) in [7, 11) is -10.6. The Bertz CT molecular complexity index is 1090. The molecule has 0 unspecified atom stereocenters. The fraction of sp³-hybridized carbons (Fsp3) is 0.900. The number of Topliss-reactive ketones (excluding diaryl/α,β-unsaturated/α-hetero) is 2. The van der Waals surface area contributed by atoms with E-state index in [0.29, 0.717) is 12.8 Å². The molecular formula is C20H29BrO8S2. The van der Waals surface area contributed by atoms with Gasteiger partial charge in [-0.2, -0.15) is 16.8 Å². The molecule has 4 aliphatic carbocycles. The highest BCUT2D eigenvalue weighted by atomic mass is 79.9. The summed E-state index contributed by atoms with van der Waals surface area (Å²) >= 11 is 3.13. The summed E-state index contributed by atoms with van der Waals surface area (Å²) in [4.78, 5) is 26.7. The second kappa shape index (κ2) is 6.20. The van der Waals surface area contributed by atoms with E-state index in [4.69, 9.17) is 0 Å². The van der Waals surface area contributed by atoms with E-state index in [1.54, 1.807) is 27.7 Å². The van der Waals surface area contributed by atoms with Crippen molar-refractivity contribution < 1.29 is 35.5 Å². The number of hydrogen-bond donors (Lipinski definition) is 2. The summed E-state index contributed by atoms with van der Waals surface area (Å²) in [5, 5.41) is -2.22. The summed E-state index contributed by atoms with van der Waals surface area (Å²) in [6.45, 7) is 6.83. The third-order valence-corrected chi connectivity index (χ3v) is 15.4. The molecule has 31 heavy (non-hydrogen) atoms. The Balaban J connectivity index is 2.13. The lowest BCUT2D eigenvalue weighted by atomic mass is 9.59. The first-order valence-corrected chi connectivity index (χ1v) is 14.3. The van der Waals surface area contributed by atoms with E-state index in [0.717, 1.165) is 0 Å². The van der Waals surface area contributed by atoms with Crippen molar-refractivity contribution in [1.29, 1.82) is 0 Å². The first kappa shape index (κ1) is 23.8. The van der Waals surface area contributed by atoms with Crippen LogP contribution in [-0.2, 0) is 29.8 Å². The Morgan fingerprint density at radius 3 is 1.71 bits per heavy atom. The van der Waals surface area contributed by atoms with Gasteiger partial charge in [0, 0.05) is 12.8 Å². The van der Waals surface area contributed by atoms with Gasteiger partial charge in [-0.15, -0.1) is 0 Å². The molecule has 4 rings (SSSR count). The molecule has 0 spiro atoms. The smallest absolute Gasteiger partial charge is 0.283 e. The highest BCUT2D eigenvalue weighted by molar-refractivity contribution is 9.11. The molecule has 0 saturated heterocycles. The van der Waals surface area contributed by atoms with Gasteiger partial charge in [0.15, 0.2) is 3.66 Å². The Labute approximate surface area is 191 Å². The van der Waals surface area contributed by atoms with Gasteiger partial charge in [-0.25, -0.2) is 0 Å². The lowest BCUT2D eigenvalue weighted by Gasteiger charge is -2.54. The van der Waals surface area contributed by atoms with Crippen molar-refractivity contribution in [2.75, 3.05) is 0 Å². The third kappa shape index (κ3) is 2.38. The fourth-order valence-corrected chi connectivity index (χ4v) is 13.9. The molecule has 11 heteroatoms. The molecule has 0 aromatic carbocycles. The van der Waals surface area contributed by atoms with Crippen molar-refractivity contribution in [2.45, 2.75) is 75.1 Å². The number of carbonyl (C=O) groups is 2. The Morgan fingerprint density at radius 1 is 0.903 bits per heavy atom. The molecule has 0 amide bonds. The SMILES string of the molecule is CC1(C)[C@@H]2CC[C@]1([C@@](Br)([C@@H]([C@@]13CC[C@H](CC1=O)C3(C)C)S(=O)(=O)O)S(=O)(=O)O)C(=O)C2. The van der Waals surface area contributed by atoms with E-state index >= 15 is 0 Å². The van der Waals surface area contributed by atoms with Gasteiger partial charge in [0.1, 0.15) is 16.8 Å². The van der Waals surface area contributed by atoms with Crippen LogP contribution in [0.15, 0.2) is 0 Å². The molecule has 4 fully saturated rings. The fourth-order valence-electron chi connectivity index (χ4n) is 8.14. The second-order valence-electron chi connectivity index (χ2n) is 11.1. The molecule has 0 aliphatic heterocycles. The van der Waals surface area contributed by atoms with Crippen LogP contribution in [0.25, 0.3) is 0 Å². The predicted molar refractivity (Wildman–Crippen MR) is 116 cm³/mol. The number of rotatable bonds is 5. The molecule has 0 aromatic rings. The van der Waals surface area contributed by atoms with Crippen LogP contribution in [0.1, 0.15) is 66.2 Å². The number of halogens is 1. The first-order chi connectivity index (χ1) is 13.8. The average Bonchev–Trinajstić information content (AvgIpc) is 3.13. The van der Waals surface area contributed by atoms with Gasteiger partial charge in [0.25, 0.3) is 20.2 Å². The van der Waals surface area contributed by atoms with Gasteiger partial charge < -0.3 is 0 Å². The van der Waals surface area contributed by atoms with Gasteiger partial charge in [0.05, 0.1) is 10.8 Å². The minimum atomic E-state index is -5.31. The number of ketones is 2. The standard InChI is InChI=1S/C20H29BrO8S2/c1-16(2)11-5-7-18(16,13(22)9-11)15(30(24,25)26)20(21,31(27,28)29)19-8-6-12(10-14(19)23)17(19,3)4/h11-12,15H,5-10H2,1-4H3,(H,24,25,26)(H,27,28,29)/t11-,12-,15-,18-,19+,20-/m1/s1. The van der Waals surface area contributed by atoms with Crippen LogP contribution in [-0.4, -0.2) is 46.4 Å². The zero-order valence-corrected chi connectivity index (χ0v) is 21.2. The van der Waals surface area contributed by atoms with E-state index in [2.05, 4.69) is 15.9 Å². The Morgan fingerprint density at radius 2 is 1.39 bits per heavy atom. The first-order valence-electron chi connectivity index (χ1n) is 10.5. The summed E-state index contributed by atoms with van der Waals surface area (Å²) < 4.78 is 70.8. The van der Waals surface area contributed by atoms with E-state index in [1.807, 2.05) is 0 Å². The topological polar surface area (TPSA) is 143 Å². The van der Waals surface area contributed by atoms with Gasteiger partial charge in [-0.1, -0.05) is 43.6 Å². The number of carbonyl (C=O) groups excluding carboxylic acids is 2. The minimum Gasteiger partial charge on any atom is -0.299 e. The van der Waals surface area contributed by atoms with Crippen LogP contribution in [0.5, 0.6) is 0 Å². The Kier molecular flexibility index (Phi) is 4.75. The second-order valence-corrected chi connectivity index (χ2v) is 15.9. The van der Waals surface area contributed by atoms with Crippen LogP contribution >= 0.6 is 15.9 Å². The van der Waals surface area contributed by atoms with Crippen molar-refractivity contribution >= 4 is 47.7 Å². The maximum Gasteiger partial charge on any atom is 0.283 e. The number of fused-ring (bicyclic) bond motifs is 4. The van der Waals surface area contributed by atoms with E-state index in [-0.39, 0.29) is 37.5 Å². The van der Waals surface area contributed by atoms with Crippen LogP contribution in [0.2, 0.25) is 0 Å². The maximum absolute atomic E-state index is 13.4. The molecule has 8 nitrogen and oxygen atoms in total. The molecule has 0 heterocycles. The van der Waals surface area contributed by atoms with E-state index in [1.165, 1.54) is 0 Å². The average molecular weight is 541 g/mol.